The van der Waals surface area contributed by atoms with Gasteiger partial charge in [-0.1, -0.05) is 18.2 Å². The third kappa shape index (κ3) is 3.70. The molecule has 1 aliphatic rings. The van der Waals surface area contributed by atoms with Crippen LogP contribution in [0.5, 0.6) is 5.75 Å². The minimum atomic E-state index is -0.749. The first-order valence-corrected chi connectivity index (χ1v) is 6.76. The van der Waals surface area contributed by atoms with Crippen molar-refractivity contribution in [3.05, 3.63) is 29.8 Å². The highest BCUT2D eigenvalue weighted by Gasteiger charge is 2.25. The van der Waals surface area contributed by atoms with Crippen LogP contribution in [-0.2, 0) is 11.2 Å². The molecule has 1 aromatic carbocycles. The second-order valence-electron chi connectivity index (χ2n) is 5.28. The van der Waals surface area contributed by atoms with E-state index in [9.17, 15) is 4.79 Å². The molecule has 0 fully saturated rings. The zero-order valence-electron chi connectivity index (χ0n) is 11.5. The molecule has 0 spiro atoms. The van der Waals surface area contributed by atoms with Gasteiger partial charge in [0.25, 0.3) is 0 Å². The molecule has 104 valence electrons. The van der Waals surface area contributed by atoms with Crippen molar-refractivity contribution < 1.29 is 14.6 Å². The summed E-state index contributed by atoms with van der Waals surface area (Å²) < 4.78 is 5.91. The van der Waals surface area contributed by atoms with Gasteiger partial charge in [-0.2, -0.15) is 0 Å². The first kappa shape index (κ1) is 13.9. The van der Waals surface area contributed by atoms with E-state index in [2.05, 4.69) is 24.8 Å². The van der Waals surface area contributed by atoms with E-state index in [-0.39, 0.29) is 12.5 Å². The van der Waals surface area contributed by atoms with Crippen LogP contribution in [0.1, 0.15) is 25.8 Å². The second kappa shape index (κ2) is 6.06. The average Bonchev–Trinajstić information content (AvgIpc) is 2.76. The Hall–Kier alpha value is -1.55. The van der Waals surface area contributed by atoms with Gasteiger partial charge in [-0.25, -0.2) is 0 Å². The van der Waals surface area contributed by atoms with Crippen molar-refractivity contribution in [3.8, 4) is 5.75 Å². The molecular weight excluding hydrogens is 242 g/mol. The Labute approximate surface area is 114 Å². The summed E-state index contributed by atoms with van der Waals surface area (Å²) in [6.07, 6.45) is 1.22. The van der Waals surface area contributed by atoms with E-state index in [1.165, 1.54) is 5.56 Å². The highest BCUT2D eigenvalue weighted by Crippen LogP contribution is 2.28. The van der Waals surface area contributed by atoms with Crippen LogP contribution in [0.25, 0.3) is 0 Å². The van der Waals surface area contributed by atoms with Crippen LogP contribution in [0, 0.1) is 0 Å². The lowest BCUT2D eigenvalue weighted by Gasteiger charge is -2.28. The molecule has 0 aliphatic carbocycles. The number of carboxylic acid groups (broad SMARTS) is 1. The molecular formula is C15H21NO3. The summed E-state index contributed by atoms with van der Waals surface area (Å²) in [6, 6.07) is 8.41. The van der Waals surface area contributed by atoms with Crippen LogP contribution in [-0.4, -0.2) is 41.2 Å². The van der Waals surface area contributed by atoms with Gasteiger partial charge >= 0.3 is 5.97 Å². The number of fused-ring (bicyclic) bond motifs is 1. The molecule has 1 aromatic rings. The van der Waals surface area contributed by atoms with Crippen LogP contribution in [0.2, 0.25) is 0 Å². The number of benzene rings is 1. The van der Waals surface area contributed by atoms with E-state index in [0.29, 0.717) is 12.6 Å². The standard InChI is InChI=1S/C15H21NO3/c1-11(2)16(8-7-15(17)18)10-13-9-12-5-3-4-6-14(12)19-13/h3-6,11,13H,7-10H2,1-2H3,(H,17,18). The Balaban J connectivity index is 1.91. The largest absolute Gasteiger partial charge is 0.488 e. The maximum Gasteiger partial charge on any atom is 0.304 e. The molecule has 1 aliphatic heterocycles. The number of nitrogens with zero attached hydrogens (tertiary/aromatic N) is 1. The highest BCUT2D eigenvalue weighted by molar-refractivity contribution is 5.66. The Morgan fingerprint density at radius 3 is 2.84 bits per heavy atom. The quantitative estimate of drug-likeness (QED) is 0.854. The van der Waals surface area contributed by atoms with Gasteiger partial charge in [-0.3, -0.25) is 9.69 Å². The minimum Gasteiger partial charge on any atom is -0.488 e. The molecule has 0 aromatic heterocycles. The molecule has 2 rings (SSSR count). The highest BCUT2D eigenvalue weighted by atomic mass is 16.5. The molecule has 19 heavy (non-hydrogen) atoms. The third-order valence-electron chi connectivity index (χ3n) is 3.50. The van der Waals surface area contributed by atoms with E-state index >= 15 is 0 Å². The predicted octanol–water partition coefficient (Wildman–Crippen LogP) is 2.18. The zero-order chi connectivity index (χ0) is 13.8. The molecule has 0 radical (unpaired) electrons. The Kier molecular flexibility index (Phi) is 4.43. The monoisotopic (exact) mass is 263 g/mol. The number of carboxylic acids is 1. The number of rotatable bonds is 6. The number of para-hydroxylation sites is 1. The number of hydrogen-bond donors (Lipinski definition) is 1. The summed E-state index contributed by atoms with van der Waals surface area (Å²) in [4.78, 5) is 12.9. The molecule has 4 heteroatoms. The molecule has 1 N–H and O–H groups in total. The molecule has 4 nitrogen and oxygen atoms in total. The summed E-state index contributed by atoms with van der Waals surface area (Å²) in [5, 5.41) is 8.79. The zero-order valence-corrected chi connectivity index (χ0v) is 11.5. The molecule has 1 heterocycles. The lowest BCUT2D eigenvalue weighted by molar-refractivity contribution is -0.137. The fraction of sp³-hybridized carbons (Fsp3) is 0.533. The van der Waals surface area contributed by atoms with Crippen LogP contribution in [0.15, 0.2) is 24.3 Å². The average molecular weight is 263 g/mol. The van der Waals surface area contributed by atoms with Gasteiger partial charge < -0.3 is 9.84 Å². The van der Waals surface area contributed by atoms with Crippen molar-refractivity contribution >= 4 is 5.97 Å². The van der Waals surface area contributed by atoms with E-state index in [4.69, 9.17) is 9.84 Å². The SMILES string of the molecule is CC(C)N(CCC(=O)O)CC1Cc2ccccc2O1. The van der Waals surface area contributed by atoms with E-state index < -0.39 is 5.97 Å². The summed E-state index contributed by atoms with van der Waals surface area (Å²) in [6.45, 7) is 5.52. The normalized spacial score (nSPS) is 17.6. The summed E-state index contributed by atoms with van der Waals surface area (Å²) in [5.41, 5.74) is 1.24. The summed E-state index contributed by atoms with van der Waals surface area (Å²) in [5.74, 6) is 0.218. The predicted molar refractivity (Wildman–Crippen MR) is 73.5 cm³/mol. The summed E-state index contributed by atoms with van der Waals surface area (Å²) in [7, 11) is 0. The van der Waals surface area contributed by atoms with Crippen LogP contribution >= 0.6 is 0 Å². The van der Waals surface area contributed by atoms with Crippen LogP contribution < -0.4 is 4.74 Å². The maximum absolute atomic E-state index is 10.7. The van der Waals surface area contributed by atoms with Gasteiger partial charge in [-0.15, -0.1) is 0 Å². The smallest absolute Gasteiger partial charge is 0.304 e. The van der Waals surface area contributed by atoms with Crippen molar-refractivity contribution in [3.63, 3.8) is 0 Å². The van der Waals surface area contributed by atoms with Crippen molar-refractivity contribution in [2.75, 3.05) is 13.1 Å². The van der Waals surface area contributed by atoms with E-state index in [1.807, 2.05) is 18.2 Å². The van der Waals surface area contributed by atoms with Crippen LogP contribution in [0.3, 0.4) is 0 Å². The molecule has 0 bridgehead atoms. The fourth-order valence-electron chi connectivity index (χ4n) is 2.42. The second-order valence-corrected chi connectivity index (χ2v) is 5.28. The van der Waals surface area contributed by atoms with Gasteiger partial charge in [0.1, 0.15) is 11.9 Å². The van der Waals surface area contributed by atoms with Crippen LogP contribution in [0.4, 0.5) is 0 Å². The molecule has 0 saturated carbocycles. The van der Waals surface area contributed by atoms with Crippen molar-refractivity contribution in [1.29, 1.82) is 0 Å². The topological polar surface area (TPSA) is 49.8 Å². The molecule has 1 atom stereocenters. The van der Waals surface area contributed by atoms with Gasteiger partial charge in [0.15, 0.2) is 0 Å². The number of hydrogen-bond acceptors (Lipinski definition) is 3. The van der Waals surface area contributed by atoms with Gasteiger partial charge in [0.05, 0.1) is 6.42 Å². The molecule has 0 amide bonds. The van der Waals surface area contributed by atoms with Crippen molar-refractivity contribution in [1.82, 2.24) is 4.90 Å². The molecule has 1 unspecified atom stereocenters. The lowest BCUT2D eigenvalue weighted by Crippen LogP contribution is -2.40. The lowest BCUT2D eigenvalue weighted by atomic mass is 10.1. The Morgan fingerprint density at radius 2 is 2.21 bits per heavy atom. The Morgan fingerprint density at radius 1 is 1.47 bits per heavy atom. The van der Waals surface area contributed by atoms with Gasteiger partial charge in [0.2, 0.25) is 0 Å². The van der Waals surface area contributed by atoms with E-state index in [0.717, 1.165) is 18.7 Å². The van der Waals surface area contributed by atoms with Crippen molar-refractivity contribution in [2.45, 2.75) is 38.8 Å². The van der Waals surface area contributed by atoms with Gasteiger partial charge in [0, 0.05) is 25.6 Å². The third-order valence-corrected chi connectivity index (χ3v) is 3.50. The maximum atomic E-state index is 10.7. The Bertz CT molecular complexity index is 420. The number of ether oxygens (including phenoxy) is 1. The van der Waals surface area contributed by atoms with Crippen molar-refractivity contribution in [2.24, 2.45) is 0 Å². The first-order chi connectivity index (χ1) is 9.06. The minimum absolute atomic E-state index is 0.133. The molecule has 0 saturated heterocycles. The fourth-order valence-corrected chi connectivity index (χ4v) is 2.42. The number of aliphatic carboxylic acids is 1. The summed E-state index contributed by atoms with van der Waals surface area (Å²) >= 11 is 0. The van der Waals surface area contributed by atoms with E-state index in [1.54, 1.807) is 0 Å². The first-order valence-electron chi connectivity index (χ1n) is 6.76. The van der Waals surface area contributed by atoms with Gasteiger partial charge in [-0.05, 0) is 25.5 Å². The number of carbonyl (C=O) groups is 1.